The largest absolute Gasteiger partial charge is 0.416 e. The molecule has 2 aromatic heterocycles. The van der Waals surface area contributed by atoms with Crippen LogP contribution in [0, 0.1) is 23.1 Å². The van der Waals surface area contributed by atoms with Gasteiger partial charge in [-0.15, -0.1) is 0 Å². The van der Waals surface area contributed by atoms with Crippen LogP contribution in [0.15, 0.2) is 48.5 Å². The van der Waals surface area contributed by atoms with Gasteiger partial charge in [-0.2, -0.15) is 33.4 Å². The summed E-state index contributed by atoms with van der Waals surface area (Å²) in [5.74, 6) is 1.04. The minimum atomic E-state index is -4.44. The molecule has 7 nitrogen and oxygen atoms in total. The third-order valence-electron chi connectivity index (χ3n) is 7.09. The van der Waals surface area contributed by atoms with Gasteiger partial charge in [0.2, 0.25) is 11.8 Å². The summed E-state index contributed by atoms with van der Waals surface area (Å²) in [7, 11) is 0. The highest BCUT2D eigenvalue weighted by atomic mass is 19.4. The zero-order valence-electron chi connectivity index (χ0n) is 21.3. The molecule has 0 spiro atoms. The van der Waals surface area contributed by atoms with Gasteiger partial charge in [-0.05, 0) is 54.7 Å². The molecule has 0 radical (unpaired) electrons. The van der Waals surface area contributed by atoms with Gasteiger partial charge in [-0.25, -0.2) is 4.39 Å². The molecular weight excluding hydrogens is 510 g/mol. The molecule has 1 aliphatic carbocycles. The average Bonchev–Trinajstić information content (AvgIpc) is 3.21. The first-order chi connectivity index (χ1) is 18.7. The molecule has 1 fully saturated rings. The maximum absolute atomic E-state index is 13.9. The lowest BCUT2D eigenvalue weighted by atomic mass is 9.83. The summed E-state index contributed by atoms with van der Waals surface area (Å²) in [6.07, 6.45) is 0.151. The van der Waals surface area contributed by atoms with Crippen LogP contribution in [0.25, 0.3) is 11.2 Å². The van der Waals surface area contributed by atoms with Crippen LogP contribution in [-0.4, -0.2) is 26.1 Å². The first kappa shape index (κ1) is 26.4. The van der Waals surface area contributed by atoms with E-state index in [0.717, 1.165) is 18.6 Å². The second-order valence-electron chi connectivity index (χ2n) is 9.83. The Morgan fingerprint density at radius 2 is 1.87 bits per heavy atom. The molecular formula is C28H27F4N7. The number of anilines is 2. The Bertz CT molecular complexity index is 1500. The molecule has 2 aromatic carbocycles. The van der Waals surface area contributed by atoms with Crippen molar-refractivity contribution in [1.29, 1.82) is 5.26 Å². The minimum Gasteiger partial charge on any atom is -0.368 e. The van der Waals surface area contributed by atoms with Gasteiger partial charge in [0.15, 0.2) is 11.5 Å². The van der Waals surface area contributed by atoms with Crippen molar-refractivity contribution in [2.24, 2.45) is 5.92 Å². The molecule has 202 valence electrons. The molecule has 0 amide bonds. The average molecular weight is 538 g/mol. The number of rotatable bonds is 9. The van der Waals surface area contributed by atoms with Gasteiger partial charge in [-0.1, -0.05) is 43.5 Å². The van der Waals surface area contributed by atoms with E-state index in [9.17, 15) is 22.8 Å². The number of imidazole rings is 1. The van der Waals surface area contributed by atoms with Crippen LogP contribution in [0.4, 0.5) is 29.3 Å². The minimum absolute atomic E-state index is 0.0439. The fraction of sp³-hybridized carbons (Fsp3) is 0.357. The number of alkyl halides is 3. The van der Waals surface area contributed by atoms with Crippen molar-refractivity contribution in [3.8, 4) is 6.07 Å². The molecule has 1 aliphatic rings. The summed E-state index contributed by atoms with van der Waals surface area (Å²) in [6.45, 7) is 2.66. The zero-order valence-corrected chi connectivity index (χ0v) is 21.3. The highest BCUT2D eigenvalue weighted by molar-refractivity contribution is 5.86. The molecule has 11 heteroatoms. The quantitative estimate of drug-likeness (QED) is 0.232. The molecule has 5 rings (SSSR count). The maximum Gasteiger partial charge on any atom is 0.416 e. The monoisotopic (exact) mass is 537 g/mol. The van der Waals surface area contributed by atoms with Crippen molar-refractivity contribution in [2.45, 2.75) is 51.4 Å². The van der Waals surface area contributed by atoms with Crippen LogP contribution < -0.4 is 10.6 Å². The fourth-order valence-electron chi connectivity index (χ4n) is 4.68. The van der Waals surface area contributed by atoms with Crippen LogP contribution in [0.2, 0.25) is 0 Å². The third kappa shape index (κ3) is 5.95. The number of nitrogens with one attached hydrogen (secondary N) is 2. The maximum atomic E-state index is 13.9. The Morgan fingerprint density at radius 1 is 1.10 bits per heavy atom. The number of nitrogens with zero attached hydrogens (tertiary/aromatic N) is 5. The Hall–Kier alpha value is -4.20. The summed E-state index contributed by atoms with van der Waals surface area (Å²) in [5, 5.41) is 16.1. The predicted octanol–water partition coefficient (Wildman–Crippen LogP) is 6.68. The SMILES string of the molecule is CC(Nc1nc2nc(C#N)nc(NCCC3CCC3)c2n1Cc1ccc(C(F)(F)F)cc1)c1cccc(F)c1. The van der Waals surface area contributed by atoms with Crippen LogP contribution in [0.5, 0.6) is 0 Å². The van der Waals surface area contributed by atoms with Crippen molar-refractivity contribution >= 4 is 22.9 Å². The zero-order chi connectivity index (χ0) is 27.6. The van der Waals surface area contributed by atoms with Crippen molar-refractivity contribution in [1.82, 2.24) is 19.5 Å². The van der Waals surface area contributed by atoms with E-state index in [1.54, 1.807) is 16.7 Å². The summed E-state index contributed by atoms with van der Waals surface area (Å²) in [6, 6.07) is 12.7. The normalized spacial score (nSPS) is 14.6. The van der Waals surface area contributed by atoms with Gasteiger partial charge >= 0.3 is 6.18 Å². The lowest BCUT2D eigenvalue weighted by Crippen LogP contribution is -2.17. The molecule has 4 aromatic rings. The summed E-state index contributed by atoms with van der Waals surface area (Å²) in [4.78, 5) is 13.3. The highest BCUT2D eigenvalue weighted by Crippen LogP contribution is 2.32. The number of halogens is 4. The first-order valence-corrected chi connectivity index (χ1v) is 12.8. The lowest BCUT2D eigenvalue weighted by Gasteiger charge is -2.25. The summed E-state index contributed by atoms with van der Waals surface area (Å²) in [5.41, 5.74) is 1.35. The van der Waals surface area contributed by atoms with E-state index in [0.29, 0.717) is 40.9 Å². The van der Waals surface area contributed by atoms with E-state index in [1.165, 1.54) is 43.5 Å². The van der Waals surface area contributed by atoms with E-state index in [2.05, 4.69) is 25.6 Å². The second kappa shape index (κ2) is 10.9. The number of aromatic nitrogens is 4. The third-order valence-corrected chi connectivity index (χ3v) is 7.09. The van der Waals surface area contributed by atoms with Crippen LogP contribution in [0.1, 0.15) is 61.2 Å². The van der Waals surface area contributed by atoms with E-state index in [4.69, 9.17) is 0 Å². The molecule has 2 heterocycles. The molecule has 1 atom stereocenters. The van der Waals surface area contributed by atoms with Crippen molar-refractivity contribution in [3.05, 3.63) is 76.9 Å². The van der Waals surface area contributed by atoms with Crippen molar-refractivity contribution in [3.63, 3.8) is 0 Å². The topological polar surface area (TPSA) is 91.5 Å². The number of hydrogen-bond donors (Lipinski definition) is 2. The standard InChI is InChI=1S/C28H27F4N7/c1-17(20-6-3-7-22(29)14-20)35-27-38-26-24(39(27)16-19-8-10-21(11-9-19)28(30,31)32)25(36-23(15-33)37-26)34-13-12-18-4-2-5-18/h3,6-11,14,17-18H,2,4-5,12-13,16H2,1H3,(H2,34,35,36,37,38). The summed E-state index contributed by atoms with van der Waals surface area (Å²) < 4.78 is 55.0. The van der Waals surface area contributed by atoms with Gasteiger partial charge in [0.25, 0.3) is 0 Å². The van der Waals surface area contributed by atoms with Gasteiger partial charge in [0.05, 0.1) is 18.2 Å². The second-order valence-corrected chi connectivity index (χ2v) is 9.83. The van der Waals surface area contributed by atoms with Crippen molar-refractivity contribution in [2.75, 3.05) is 17.2 Å². The van der Waals surface area contributed by atoms with E-state index in [-0.39, 0.29) is 29.9 Å². The van der Waals surface area contributed by atoms with Crippen molar-refractivity contribution < 1.29 is 17.6 Å². The van der Waals surface area contributed by atoms with E-state index >= 15 is 0 Å². The smallest absolute Gasteiger partial charge is 0.368 e. The van der Waals surface area contributed by atoms with Crippen LogP contribution in [0.3, 0.4) is 0 Å². The molecule has 39 heavy (non-hydrogen) atoms. The van der Waals surface area contributed by atoms with Gasteiger partial charge < -0.3 is 15.2 Å². The Labute approximate surface area is 222 Å². The number of hydrogen-bond acceptors (Lipinski definition) is 6. The van der Waals surface area contributed by atoms with Crippen LogP contribution in [-0.2, 0) is 12.7 Å². The molecule has 2 N–H and O–H groups in total. The fourth-order valence-corrected chi connectivity index (χ4v) is 4.68. The van der Waals surface area contributed by atoms with E-state index < -0.39 is 11.7 Å². The first-order valence-electron chi connectivity index (χ1n) is 12.8. The lowest BCUT2D eigenvalue weighted by molar-refractivity contribution is -0.137. The molecule has 1 saturated carbocycles. The highest BCUT2D eigenvalue weighted by Gasteiger charge is 2.30. The van der Waals surface area contributed by atoms with Gasteiger partial charge in [-0.3, -0.25) is 0 Å². The van der Waals surface area contributed by atoms with E-state index in [1.807, 2.05) is 13.0 Å². The Balaban J connectivity index is 1.54. The molecule has 0 saturated heterocycles. The summed E-state index contributed by atoms with van der Waals surface area (Å²) >= 11 is 0. The van der Waals surface area contributed by atoms with Crippen LogP contribution >= 0.6 is 0 Å². The van der Waals surface area contributed by atoms with Gasteiger partial charge in [0, 0.05) is 6.54 Å². The Morgan fingerprint density at radius 3 is 2.51 bits per heavy atom. The number of fused-ring (bicyclic) bond motifs is 1. The molecule has 1 unspecified atom stereocenters. The number of benzene rings is 2. The number of nitriles is 1. The van der Waals surface area contributed by atoms with Gasteiger partial charge in [0.1, 0.15) is 17.4 Å². The molecule has 0 bridgehead atoms. The molecule has 0 aliphatic heterocycles. The Kier molecular flexibility index (Phi) is 7.37. The predicted molar refractivity (Wildman–Crippen MR) is 139 cm³/mol.